The van der Waals surface area contributed by atoms with Gasteiger partial charge in [-0.2, -0.15) is 5.26 Å². The zero-order valence-corrected chi connectivity index (χ0v) is 16.0. The summed E-state index contributed by atoms with van der Waals surface area (Å²) in [4.78, 5) is 23.9. The first-order chi connectivity index (χ1) is 14.2. The van der Waals surface area contributed by atoms with E-state index >= 15 is 0 Å². The van der Waals surface area contributed by atoms with Crippen LogP contribution in [0.2, 0.25) is 0 Å². The number of carbonyl (C=O) groups excluding carboxylic acids is 1. The Morgan fingerprint density at radius 3 is 2.93 bits per heavy atom. The molecule has 1 N–H and O–H groups in total. The number of pyridine rings is 1. The van der Waals surface area contributed by atoms with Crippen LogP contribution in [-0.4, -0.2) is 38.9 Å². The Bertz CT molecular complexity index is 1170. The highest BCUT2D eigenvalue weighted by atomic mass is 32.1. The molecule has 7 nitrogen and oxygen atoms in total. The molecule has 3 aromatic rings. The molecule has 4 aliphatic rings. The van der Waals surface area contributed by atoms with Gasteiger partial charge in [-0.1, -0.05) is 18.2 Å². The number of carbonyl (C=O) groups is 1. The molecule has 3 unspecified atom stereocenters. The normalized spacial score (nSPS) is 27.7. The molecule has 2 saturated carbocycles. The summed E-state index contributed by atoms with van der Waals surface area (Å²) in [5, 5.41) is 12.7. The van der Waals surface area contributed by atoms with E-state index in [1.54, 1.807) is 29.6 Å². The van der Waals surface area contributed by atoms with E-state index in [9.17, 15) is 4.79 Å². The zero-order chi connectivity index (χ0) is 19.6. The van der Waals surface area contributed by atoms with E-state index in [1.807, 2.05) is 30.3 Å². The van der Waals surface area contributed by atoms with Gasteiger partial charge in [0.05, 0.1) is 22.0 Å². The van der Waals surface area contributed by atoms with Crippen LogP contribution in [0.5, 0.6) is 11.5 Å². The second kappa shape index (κ2) is 5.78. The van der Waals surface area contributed by atoms with Gasteiger partial charge >= 0.3 is 0 Å². The van der Waals surface area contributed by atoms with E-state index in [-0.39, 0.29) is 17.5 Å². The summed E-state index contributed by atoms with van der Waals surface area (Å²) < 4.78 is 5.99. The quantitative estimate of drug-likeness (QED) is 0.661. The van der Waals surface area contributed by atoms with Gasteiger partial charge in [-0.15, -0.1) is 11.3 Å². The molecular formula is C21H15N5O2S. The van der Waals surface area contributed by atoms with E-state index < -0.39 is 0 Å². The summed E-state index contributed by atoms with van der Waals surface area (Å²) >= 11 is 1.31. The van der Waals surface area contributed by atoms with Crippen molar-refractivity contribution in [3.8, 4) is 28.1 Å². The van der Waals surface area contributed by atoms with Crippen molar-refractivity contribution in [2.24, 2.45) is 11.8 Å². The first kappa shape index (κ1) is 16.5. The van der Waals surface area contributed by atoms with Gasteiger partial charge in [0, 0.05) is 37.0 Å². The largest absolute Gasteiger partial charge is 0.457 e. The fourth-order valence-electron chi connectivity index (χ4n) is 4.67. The molecule has 0 spiro atoms. The first-order valence-electron chi connectivity index (χ1n) is 9.34. The maximum Gasteiger partial charge on any atom is 0.280 e. The van der Waals surface area contributed by atoms with Crippen LogP contribution in [0, 0.1) is 23.3 Å². The molecule has 4 fully saturated rings. The number of nitrogens with one attached hydrogen (secondary N) is 1. The monoisotopic (exact) mass is 401 g/mol. The lowest BCUT2D eigenvalue weighted by Gasteiger charge is -2.10. The molecule has 2 bridgehead atoms. The first-order valence-corrected chi connectivity index (χ1v) is 10.2. The van der Waals surface area contributed by atoms with E-state index in [0.29, 0.717) is 22.6 Å². The molecule has 2 aliphatic carbocycles. The third-order valence-corrected chi connectivity index (χ3v) is 7.14. The van der Waals surface area contributed by atoms with Crippen LogP contribution in [0.4, 0.5) is 0 Å². The molecule has 2 aliphatic heterocycles. The second-order valence-electron chi connectivity index (χ2n) is 7.53. The third-order valence-electron chi connectivity index (χ3n) is 6.12. The van der Waals surface area contributed by atoms with Gasteiger partial charge in [0.25, 0.3) is 5.91 Å². The van der Waals surface area contributed by atoms with Crippen LogP contribution in [0.25, 0.3) is 10.4 Å². The highest BCUT2D eigenvalue weighted by Crippen LogP contribution is 2.78. The summed E-state index contributed by atoms with van der Waals surface area (Å²) in [6.07, 6.45) is 7.28. The number of piperidine rings is 1. The SMILES string of the molecule is N#CN1CC2C3C1[C@]23NC(=O)c1ncc(-c2cnccc2Oc2ccccc2)s1. The molecular weight excluding hydrogens is 386 g/mol. The number of ether oxygens (including phenoxy) is 1. The lowest BCUT2D eigenvalue weighted by Crippen LogP contribution is -2.37. The van der Waals surface area contributed by atoms with E-state index in [4.69, 9.17) is 10.00 Å². The van der Waals surface area contributed by atoms with Crippen molar-refractivity contribution < 1.29 is 9.53 Å². The minimum Gasteiger partial charge on any atom is -0.457 e. The van der Waals surface area contributed by atoms with Crippen LogP contribution >= 0.6 is 11.3 Å². The fraction of sp³-hybridized carbons (Fsp3) is 0.238. The summed E-state index contributed by atoms with van der Waals surface area (Å²) in [5.41, 5.74) is 0.603. The van der Waals surface area contributed by atoms with Crippen LogP contribution in [-0.2, 0) is 0 Å². The Kier molecular flexibility index (Phi) is 3.29. The average Bonchev–Trinajstić information content (AvgIpc) is 3.28. The van der Waals surface area contributed by atoms with Crippen molar-refractivity contribution in [2.45, 2.75) is 11.6 Å². The number of benzene rings is 1. The smallest absolute Gasteiger partial charge is 0.280 e. The van der Waals surface area contributed by atoms with Gasteiger partial charge in [-0.3, -0.25) is 9.78 Å². The summed E-state index contributed by atoms with van der Waals surface area (Å²) in [6.45, 7) is 0.755. The van der Waals surface area contributed by atoms with Crippen molar-refractivity contribution in [3.05, 3.63) is 60.0 Å². The lowest BCUT2D eigenvalue weighted by molar-refractivity contribution is 0.0937. The van der Waals surface area contributed by atoms with Gasteiger partial charge in [0.1, 0.15) is 11.5 Å². The number of thiazole rings is 1. The molecule has 1 aromatic carbocycles. The third kappa shape index (κ3) is 2.31. The minimum absolute atomic E-state index is 0.176. The molecule has 142 valence electrons. The maximum absolute atomic E-state index is 12.7. The van der Waals surface area contributed by atoms with Gasteiger partial charge in [-0.25, -0.2) is 4.98 Å². The number of fused-ring (bicyclic) bond motifs is 1. The Labute approximate surface area is 170 Å². The predicted octanol–water partition coefficient (Wildman–Crippen LogP) is 2.89. The molecule has 8 heteroatoms. The lowest BCUT2D eigenvalue weighted by atomic mass is 10.2. The maximum atomic E-state index is 12.7. The number of rotatable bonds is 5. The number of hydrogen-bond donors (Lipinski definition) is 1. The van der Waals surface area contributed by atoms with Gasteiger partial charge in [0.15, 0.2) is 11.2 Å². The van der Waals surface area contributed by atoms with Crippen molar-refractivity contribution in [3.63, 3.8) is 0 Å². The zero-order valence-electron chi connectivity index (χ0n) is 15.1. The topological polar surface area (TPSA) is 91.1 Å². The fourth-order valence-corrected chi connectivity index (χ4v) is 5.49. The van der Waals surface area contributed by atoms with Gasteiger partial charge in [-0.05, 0) is 18.2 Å². The highest BCUT2D eigenvalue weighted by Gasteiger charge is 2.93. The Hall–Kier alpha value is -3.44. The van der Waals surface area contributed by atoms with Crippen LogP contribution < -0.4 is 10.1 Å². The highest BCUT2D eigenvalue weighted by molar-refractivity contribution is 7.17. The number of para-hydroxylation sites is 1. The summed E-state index contributed by atoms with van der Waals surface area (Å²) in [5.74, 6) is 2.07. The second-order valence-corrected chi connectivity index (χ2v) is 8.56. The summed E-state index contributed by atoms with van der Waals surface area (Å²) in [7, 11) is 0. The van der Waals surface area contributed by atoms with Crippen molar-refractivity contribution in [1.82, 2.24) is 20.2 Å². The molecule has 2 saturated heterocycles. The number of aromatic nitrogens is 2. The van der Waals surface area contributed by atoms with E-state index in [0.717, 1.165) is 22.7 Å². The Morgan fingerprint density at radius 2 is 2.17 bits per heavy atom. The van der Waals surface area contributed by atoms with Gasteiger partial charge in [0.2, 0.25) is 0 Å². The van der Waals surface area contributed by atoms with Crippen LogP contribution in [0.1, 0.15) is 9.80 Å². The number of amides is 1. The molecule has 4 heterocycles. The molecule has 2 aromatic heterocycles. The predicted molar refractivity (Wildman–Crippen MR) is 105 cm³/mol. The number of nitrogens with zero attached hydrogens (tertiary/aromatic N) is 4. The van der Waals surface area contributed by atoms with Crippen molar-refractivity contribution in [2.75, 3.05) is 6.54 Å². The number of hydrogen-bond acceptors (Lipinski definition) is 7. The van der Waals surface area contributed by atoms with Crippen molar-refractivity contribution >= 4 is 17.2 Å². The molecule has 7 rings (SSSR count). The van der Waals surface area contributed by atoms with E-state index in [2.05, 4.69) is 21.5 Å². The molecule has 4 atom stereocenters. The number of nitriles is 1. The minimum atomic E-state index is -0.186. The molecule has 1 amide bonds. The van der Waals surface area contributed by atoms with E-state index in [1.165, 1.54) is 11.3 Å². The summed E-state index contributed by atoms with van der Waals surface area (Å²) in [6, 6.07) is 11.5. The average molecular weight is 401 g/mol. The molecule has 0 radical (unpaired) electrons. The van der Waals surface area contributed by atoms with Crippen LogP contribution in [0.3, 0.4) is 0 Å². The molecule has 29 heavy (non-hydrogen) atoms. The standard InChI is InChI=1S/C21H15N5O2S/c22-11-26-10-14-17-18(26)21(14,17)25-19(27)20-24-9-16(29-20)13-8-23-7-6-15(13)28-12-4-2-1-3-5-12/h1-9,14,17-18H,10H2,(H,25,27)/t14?,17?,18?,21-/m0/s1. The van der Waals surface area contributed by atoms with Crippen LogP contribution in [0.15, 0.2) is 55.0 Å². The van der Waals surface area contributed by atoms with Crippen molar-refractivity contribution in [1.29, 1.82) is 5.26 Å². The Morgan fingerprint density at radius 1 is 1.31 bits per heavy atom. The van der Waals surface area contributed by atoms with Gasteiger partial charge < -0.3 is 15.0 Å². The Balaban J connectivity index is 1.22.